The third kappa shape index (κ3) is 2.23. The van der Waals surface area contributed by atoms with Gasteiger partial charge in [0, 0.05) is 0 Å². The van der Waals surface area contributed by atoms with Crippen molar-refractivity contribution in [3.8, 4) is 11.5 Å². The molecular formula is C16H16FNO2. The molecule has 1 atom stereocenters. The van der Waals surface area contributed by atoms with Gasteiger partial charge in [-0.1, -0.05) is 18.2 Å². The lowest BCUT2D eigenvalue weighted by atomic mass is 9.85. The van der Waals surface area contributed by atoms with Crippen LogP contribution in [-0.4, -0.2) is 13.2 Å². The number of benzene rings is 2. The zero-order valence-electron chi connectivity index (χ0n) is 11.2. The van der Waals surface area contributed by atoms with E-state index in [1.165, 1.54) is 12.1 Å². The Balaban J connectivity index is 2.00. The zero-order chi connectivity index (χ0) is 14.2. The van der Waals surface area contributed by atoms with E-state index in [0.717, 1.165) is 16.9 Å². The summed E-state index contributed by atoms with van der Waals surface area (Å²) in [6, 6.07) is 11.9. The van der Waals surface area contributed by atoms with Gasteiger partial charge < -0.3 is 15.2 Å². The highest BCUT2D eigenvalue weighted by atomic mass is 19.1. The van der Waals surface area contributed by atoms with Crippen LogP contribution in [0.2, 0.25) is 0 Å². The summed E-state index contributed by atoms with van der Waals surface area (Å²) in [5.41, 5.74) is 7.44. The predicted molar refractivity (Wildman–Crippen MR) is 74.5 cm³/mol. The fourth-order valence-corrected chi connectivity index (χ4v) is 2.33. The number of ether oxygens (including phenoxy) is 2. The second kappa shape index (κ2) is 4.80. The van der Waals surface area contributed by atoms with Gasteiger partial charge in [-0.05, 0) is 42.3 Å². The Morgan fingerprint density at radius 3 is 2.25 bits per heavy atom. The van der Waals surface area contributed by atoms with Crippen LogP contribution in [-0.2, 0) is 5.54 Å². The topological polar surface area (TPSA) is 44.5 Å². The SMILES string of the molecule is CC(N)(c1ccc(F)cc1)c1ccc2c(c1)OCCO2. The van der Waals surface area contributed by atoms with Gasteiger partial charge in [-0.25, -0.2) is 4.39 Å². The molecule has 0 saturated carbocycles. The fourth-order valence-electron chi connectivity index (χ4n) is 2.33. The molecule has 2 N–H and O–H groups in total. The summed E-state index contributed by atoms with van der Waals surface area (Å²) in [4.78, 5) is 0. The number of hydrogen-bond acceptors (Lipinski definition) is 3. The second-order valence-electron chi connectivity index (χ2n) is 5.07. The van der Waals surface area contributed by atoms with Crippen molar-refractivity contribution >= 4 is 0 Å². The highest BCUT2D eigenvalue weighted by Crippen LogP contribution is 2.35. The molecule has 1 heterocycles. The molecule has 20 heavy (non-hydrogen) atoms. The Labute approximate surface area is 117 Å². The van der Waals surface area contributed by atoms with Gasteiger partial charge in [0.15, 0.2) is 11.5 Å². The Bertz CT molecular complexity index is 623. The molecule has 4 heteroatoms. The summed E-state index contributed by atoms with van der Waals surface area (Å²) >= 11 is 0. The molecule has 0 fully saturated rings. The van der Waals surface area contributed by atoms with Crippen molar-refractivity contribution in [2.45, 2.75) is 12.5 Å². The molecule has 0 radical (unpaired) electrons. The summed E-state index contributed by atoms with van der Waals surface area (Å²) in [5.74, 6) is 1.16. The average Bonchev–Trinajstić information content (AvgIpc) is 2.47. The molecule has 1 aliphatic rings. The molecule has 1 aliphatic heterocycles. The third-order valence-corrected chi connectivity index (χ3v) is 3.59. The van der Waals surface area contributed by atoms with Crippen molar-refractivity contribution in [3.63, 3.8) is 0 Å². The van der Waals surface area contributed by atoms with Crippen LogP contribution < -0.4 is 15.2 Å². The molecule has 0 aromatic heterocycles. The van der Waals surface area contributed by atoms with Crippen LogP contribution in [0, 0.1) is 5.82 Å². The predicted octanol–water partition coefficient (Wildman–Crippen LogP) is 2.82. The van der Waals surface area contributed by atoms with Crippen LogP contribution in [0.25, 0.3) is 0 Å². The number of nitrogens with two attached hydrogens (primary N) is 1. The van der Waals surface area contributed by atoms with Crippen molar-refractivity contribution < 1.29 is 13.9 Å². The maximum absolute atomic E-state index is 13.0. The van der Waals surface area contributed by atoms with Gasteiger partial charge in [0.05, 0.1) is 5.54 Å². The van der Waals surface area contributed by atoms with Gasteiger partial charge in [-0.3, -0.25) is 0 Å². The van der Waals surface area contributed by atoms with Crippen LogP contribution in [0.5, 0.6) is 11.5 Å². The first-order valence-corrected chi connectivity index (χ1v) is 6.52. The first kappa shape index (κ1) is 12.9. The van der Waals surface area contributed by atoms with Crippen molar-refractivity contribution in [2.75, 3.05) is 13.2 Å². The molecule has 0 amide bonds. The van der Waals surface area contributed by atoms with Crippen LogP contribution >= 0.6 is 0 Å². The molecule has 0 bridgehead atoms. The molecule has 0 spiro atoms. The van der Waals surface area contributed by atoms with Crippen LogP contribution in [0.15, 0.2) is 42.5 Å². The molecular weight excluding hydrogens is 257 g/mol. The lowest BCUT2D eigenvalue weighted by Crippen LogP contribution is -2.34. The zero-order valence-corrected chi connectivity index (χ0v) is 11.2. The molecule has 3 rings (SSSR count). The smallest absolute Gasteiger partial charge is 0.161 e. The summed E-state index contributed by atoms with van der Waals surface area (Å²) in [5, 5.41) is 0. The summed E-state index contributed by atoms with van der Waals surface area (Å²) in [7, 11) is 0. The van der Waals surface area contributed by atoms with Crippen LogP contribution in [0.4, 0.5) is 4.39 Å². The summed E-state index contributed by atoms with van der Waals surface area (Å²) < 4.78 is 24.1. The minimum atomic E-state index is -0.719. The monoisotopic (exact) mass is 273 g/mol. The van der Waals surface area contributed by atoms with Gasteiger partial charge in [-0.2, -0.15) is 0 Å². The van der Waals surface area contributed by atoms with E-state index in [2.05, 4.69) is 0 Å². The van der Waals surface area contributed by atoms with E-state index in [4.69, 9.17) is 15.2 Å². The van der Waals surface area contributed by atoms with Gasteiger partial charge in [-0.15, -0.1) is 0 Å². The Morgan fingerprint density at radius 1 is 0.950 bits per heavy atom. The second-order valence-corrected chi connectivity index (χ2v) is 5.07. The van der Waals surface area contributed by atoms with Crippen molar-refractivity contribution in [1.82, 2.24) is 0 Å². The molecule has 0 saturated heterocycles. The summed E-state index contributed by atoms with van der Waals surface area (Å²) in [6.45, 7) is 2.99. The Kier molecular flexibility index (Phi) is 3.10. The lowest BCUT2D eigenvalue weighted by Gasteiger charge is -2.28. The van der Waals surface area contributed by atoms with Crippen molar-refractivity contribution in [3.05, 3.63) is 59.4 Å². The number of fused-ring (bicyclic) bond motifs is 1. The third-order valence-electron chi connectivity index (χ3n) is 3.59. The molecule has 0 aliphatic carbocycles. The number of hydrogen-bond donors (Lipinski definition) is 1. The van der Waals surface area contributed by atoms with Gasteiger partial charge >= 0.3 is 0 Å². The highest BCUT2D eigenvalue weighted by molar-refractivity contribution is 5.48. The Hall–Kier alpha value is -2.07. The number of halogens is 1. The van der Waals surface area contributed by atoms with E-state index >= 15 is 0 Å². The summed E-state index contributed by atoms with van der Waals surface area (Å²) in [6.07, 6.45) is 0. The first-order valence-electron chi connectivity index (χ1n) is 6.52. The normalized spacial score (nSPS) is 16.6. The molecule has 104 valence electrons. The largest absolute Gasteiger partial charge is 0.486 e. The van der Waals surface area contributed by atoms with Crippen LogP contribution in [0.3, 0.4) is 0 Å². The standard InChI is InChI=1S/C16H16FNO2/c1-16(18,11-2-5-13(17)6-3-11)12-4-7-14-15(10-12)20-9-8-19-14/h2-7,10H,8-9,18H2,1H3. The minimum Gasteiger partial charge on any atom is -0.486 e. The molecule has 3 nitrogen and oxygen atoms in total. The van der Waals surface area contributed by atoms with E-state index in [-0.39, 0.29) is 5.82 Å². The fraction of sp³-hybridized carbons (Fsp3) is 0.250. The van der Waals surface area contributed by atoms with Gasteiger partial charge in [0.25, 0.3) is 0 Å². The maximum atomic E-state index is 13.0. The molecule has 1 unspecified atom stereocenters. The van der Waals surface area contributed by atoms with E-state index in [1.54, 1.807) is 12.1 Å². The van der Waals surface area contributed by atoms with E-state index in [1.807, 2.05) is 25.1 Å². The number of rotatable bonds is 2. The van der Waals surface area contributed by atoms with Crippen molar-refractivity contribution in [1.29, 1.82) is 0 Å². The van der Waals surface area contributed by atoms with Crippen LogP contribution in [0.1, 0.15) is 18.1 Å². The Morgan fingerprint density at radius 2 is 1.55 bits per heavy atom. The first-order chi connectivity index (χ1) is 9.57. The van der Waals surface area contributed by atoms with Gasteiger partial charge in [0.2, 0.25) is 0 Å². The van der Waals surface area contributed by atoms with E-state index < -0.39 is 5.54 Å². The quantitative estimate of drug-likeness (QED) is 0.915. The van der Waals surface area contributed by atoms with Crippen molar-refractivity contribution in [2.24, 2.45) is 5.73 Å². The lowest BCUT2D eigenvalue weighted by molar-refractivity contribution is 0.171. The van der Waals surface area contributed by atoms with E-state index in [9.17, 15) is 4.39 Å². The minimum absolute atomic E-state index is 0.272. The molecule has 2 aromatic rings. The average molecular weight is 273 g/mol. The molecule has 2 aromatic carbocycles. The van der Waals surface area contributed by atoms with Gasteiger partial charge in [0.1, 0.15) is 19.0 Å². The van der Waals surface area contributed by atoms with E-state index in [0.29, 0.717) is 19.0 Å². The maximum Gasteiger partial charge on any atom is 0.161 e. The highest BCUT2D eigenvalue weighted by Gasteiger charge is 2.25.